The van der Waals surface area contributed by atoms with Crippen LogP contribution in [0.25, 0.3) is 144 Å². The highest BCUT2D eigenvalue weighted by atomic mass is 15.0. The maximum atomic E-state index is 5.47. The minimum atomic E-state index is -0.334. The third-order valence-corrected chi connectivity index (χ3v) is 18.3. The predicted octanol–water partition coefficient (Wildman–Crippen LogP) is 21.1. The van der Waals surface area contributed by atoms with Crippen LogP contribution in [-0.2, 0) is 10.8 Å². The summed E-state index contributed by atoms with van der Waals surface area (Å²) in [5.74, 6) is 1.95. The summed E-state index contributed by atoms with van der Waals surface area (Å²) in [6.45, 7) is 11.6. The van der Waals surface area contributed by atoms with Crippen molar-refractivity contribution in [2.45, 2.75) is 45.4 Å². The molecule has 2 aliphatic rings. The zero-order chi connectivity index (χ0) is 55.7. The summed E-state index contributed by atoms with van der Waals surface area (Å²) < 4.78 is 0. The van der Waals surface area contributed by atoms with Gasteiger partial charge in [0.05, 0.1) is 0 Å². The topological polar surface area (TPSA) is 38.7 Å². The smallest absolute Gasteiger partial charge is 0.164 e. The molecule has 83 heavy (non-hydrogen) atoms. The van der Waals surface area contributed by atoms with E-state index in [2.05, 4.69) is 289 Å². The molecule has 0 unspecified atom stereocenters. The fraction of sp³-hybridized carbons (Fsp3) is 0.0875. The summed E-state index contributed by atoms with van der Waals surface area (Å²) in [6, 6.07) is 93.9. The van der Waals surface area contributed by atoms with E-state index in [9.17, 15) is 0 Å². The molecule has 0 saturated heterocycles. The van der Waals surface area contributed by atoms with Gasteiger partial charge in [0, 0.05) is 27.5 Å². The first-order valence-electron chi connectivity index (χ1n) is 29.0. The Labute approximate surface area is 484 Å². The third kappa shape index (κ3) is 7.54. The van der Waals surface area contributed by atoms with Gasteiger partial charge < -0.3 is 0 Å². The molecule has 13 aromatic carbocycles. The quantitative estimate of drug-likeness (QED) is 0.149. The van der Waals surface area contributed by atoms with Gasteiger partial charge in [0.2, 0.25) is 0 Å². The van der Waals surface area contributed by atoms with Crippen LogP contribution < -0.4 is 0 Å². The second-order valence-corrected chi connectivity index (χ2v) is 23.9. The van der Waals surface area contributed by atoms with E-state index < -0.39 is 0 Å². The van der Waals surface area contributed by atoms with E-state index in [1.54, 1.807) is 0 Å². The lowest BCUT2D eigenvalue weighted by molar-refractivity contribution is 0.661. The standard InChI is InChI=1S/C80H57N3/c1-48-34-36-53(37-35-48)76-81-77(54-38-40-56-62-44-64-66(46-70(62)79(2,3)68(56)42-54)74(51-26-14-8-15-27-51)60-32-20-18-30-58(60)72(64)49-22-10-6-11-23-49)83-78(82-76)55-39-41-57-63-45-65-67(47-71(63)80(4,5)69(57)43-55)75(52-28-16-9-17-29-52)61-33-21-19-31-59(61)73(65)50-24-12-7-13-25-50/h6-47H,1-5H3. The number of hydrogen-bond acceptors (Lipinski definition) is 3. The van der Waals surface area contributed by atoms with Crippen LogP contribution in [0.1, 0.15) is 55.5 Å². The van der Waals surface area contributed by atoms with E-state index in [-0.39, 0.29) is 10.8 Å². The molecule has 14 aromatic rings. The molecule has 0 atom stereocenters. The van der Waals surface area contributed by atoms with Crippen molar-refractivity contribution >= 4 is 43.1 Å². The average Bonchev–Trinajstić information content (AvgIpc) is 3.51. The zero-order valence-electron chi connectivity index (χ0n) is 47.1. The van der Waals surface area contributed by atoms with Gasteiger partial charge in [0.25, 0.3) is 0 Å². The average molecular weight is 1060 g/mol. The van der Waals surface area contributed by atoms with Crippen molar-refractivity contribution in [1.82, 2.24) is 15.0 Å². The number of hydrogen-bond donors (Lipinski definition) is 0. The van der Waals surface area contributed by atoms with Crippen LogP contribution in [0.4, 0.5) is 0 Å². The Morgan fingerprint density at radius 2 is 0.506 bits per heavy atom. The molecule has 0 amide bonds. The van der Waals surface area contributed by atoms with Crippen molar-refractivity contribution in [2.75, 3.05) is 0 Å². The highest BCUT2D eigenvalue weighted by Gasteiger charge is 2.39. The number of nitrogens with zero attached hydrogens (tertiary/aromatic N) is 3. The molecule has 2 aliphatic carbocycles. The van der Waals surface area contributed by atoms with E-state index in [1.165, 1.54) is 138 Å². The lowest BCUT2D eigenvalue weighted by Crippen LogP contribution is -2.15. The molecule has 16 rings (SSSR count). The number of aryl methyl sites for hydroxylation is 1. The van der Waals surface area contributed by atoms with Crippen molar-refractivity contribution in [1.29, 1.82) is 0 Å². The molecule has 0 radical (unpaired) electrons. The highest BCUT2D eigenvalue weighted by molar-refractivity contribution is 6.24. The first kappa shape index (κ1) is 48.8. The summed E-state index contributed by atoms with van der Waals surface area (Å²) in [7, 11) is 0. The monoisotopic (exact) mass is 1060 g/mol. The van der Waals surface area contributed by atoms with Gasteiger partial charge >= 0.3 is 0 Å². The van der Waals surface area contributed by atoms with E-state index in [0.717, 1.165) is 16.7 Å². The van der Waals surface area contributed by atoms with Gasteiger partial charge in [-0.05, 0) is 175 Å². The molecule has 0 fully saturated rings. The number of aromatic nitrogens is 3. The van der Waals surface area contributed by atoms with Crippen LogP contribution in [0.5, 0.6) is 0 Å². The molecule has 0 spiro atoms. The molecular formula is C80H57N3. The minimum Gasteiger partial charge on any atom is -0.208 e. The van der Waals surface area contributed by atoms with Crippen LogP contribution in [0.15, 0.2) is 255 Å². The van der Waals surface area contributed by atoms with Gasteiger partial charge in [0.15, 0.2) is 17.5 Å². The maximum Gasteiger partial charge on any atom is 0.164 e. The summed E-state index contributed by atoms with van der Waals surface area (Å²) >= 11 is 0. The van der Waals surface area contributed by atoms with Crippen LogP contribution in [-0.4, -0.2) is 15.0 Å². The Bertz CT molecular complexity index is 4690. The van der Waals surface area contributed by atoms with Gasteiger partial charge in [-0.2, -0.15) is 0 Å². The van der Waals surface area contributed by atoms with E-state index >= 15 is 0 Å². The van der Waals surface area contributed by atoms with Crippen molar-refractivity contribution in [3.05, 3.63) is 283 Å². The number of benzene rings is 13. The first-order chi connectivity index (χ1) is 40.6. The Hall–Kier alpha value is -10.1. The predicted molar refractivity (Wildman–Crippen MR) is 348 cm³/mol. The lowest BCUT2D eigenvalue weighted by Gasteiger charge is -2.24. The lowest BCUT2D eigenvalue weighted by atomic mass is 9.79. The van der Waals surface area contributed by atoms with Gasteiger partial charge in [-0.1, -0.05) is 252 Å². The molecule has 0 aliphatic heterocycles. The van der Waals surface area contributed by atoms with Gasteiger partial charge in [-0.25, -0.2) is 15.0 Å². The van der Waals surface area contributed by atoms with E-state index in [1.807, 2.05) is 0 Å². The Morgan fingerprint density at radius 1 is 0.229 bits per heavy atom. The summed E-state index contributed by atoms with van der Waals surface area (Å²) in [4.78, 5) is 16.2. The fourth-order valence-electron chi connectivity index (χ4n) is 14.2. The van der Waals surface area contributed by atoms with Gasteiger partial charge in [-0.15, -0.1) is 0 Å². The molecule has 1 heterocycles. The molecule has 0 bridgehead atoms. The molecular weight excluding hydrogens is 1000 g/mol. The molecule has 3 nitrogen and oxygen atoms in total. The maximum absolute atomic E-state index is 5.47. The molecule has 392 valence electrons. The second-order valence-electron chi connectivity index (χ2n) is 23.9. The number of rotatable bonds is 7. The third-order valence-electron chi connectivity index (χ3n) is 18.3. The number of fused-ring (bicyclic) bond motifs is 10. The largest absolute Gasteiger partial charge is 0.208 e. The summed E-state index contributed by atoms with van der Waals surface area (Å²) in [5, 5.41) is 10.0. The van der Waals surface area contributed by atoms with Crippen molar-refractivity contribution in [3.63, 3.8) is 0 Å². The van der Waals surface area contributed by atoms with E-state index in [4.69, 9.17) is 15.0 Å². The molecule has 1 aromatic heterocycles. The molecule has 0 N–H and O–H groups in total. The van der Waals surface area contributed by atoms with Crippen LogP contribution in [0, 0.1) is 6.92 Å². The Morgan fingerprint density at radius 3 is 0.843 bits per heavy atom. The fourth-order valence-corrected chi connectivity index (χ4v) is 14.2. The van der Waals surface area contributed by atoms with Crippen molar-refractivity contribution < 1.29 is 0 Å². The van der Waals surface area contributed by atoms with Crippen LogP contribution in [0.3, 0.4) is 0 Å². The van der Waals surface area contributed by atoms with Crippen molar-refractivity contribution in [3.8, 4) is 101 Å². The Kier molecular flexibility index (Phi) is 10.9. The van der Waals surface area contributed by atoms with Crippen LogP contribution in [0.2, 0.25) is 0 Å². The SMILES string of the molecule is Cc1ccc(-c2nc(-c3ccc4c(c3)C(C)(C)c3cc5c(-c6ccccc6)c6ccccc6c(-c6ccccc6)c5cc3-4)nc(-c3ccc4c(c3)C(C)(C)c3cc5c(-c6ccccc6)c6ccccc6c(-c6ccccc6)c5cc3-4)n2)cc1. The second kappa shape index (κ2) is 18.5. The van der Waals surface area contributed by atoms with Crippen molar-refractivity contribution in [2.24, 2.45) is 0 Å². The van der Waals surface area contributed by atoms with Gasteiger partial charge in [0.1, 0.15) is 0 Å². The molecule has 0 saturated carbocycles. The Balaban J connectivity index is 0.860. The zero-order valence-corrected chi connectivity index (χ0v) is 47.1. The normalized spacial score (nSPS) is 13.6. The summed E-state index contributed by atoms with van der Waals surface area (Å²) in [5.41, 5.74) is 23.5. The van der Waals surface area contributed by atoms with E-state index in [0.29, 0.717) is 17.5 Å². The highest BCUT2D eigenvalue weighted by Crippen LogP contribution is 2.56. The first-order valence-corrected chi connectivity index (χ1v) is 29.0. The minimum absolute atomic E-state index is 0.334. The summed E-state index contributed by atoms with van der Waals surface area (Å²) in [6.07, 6.45) is 0. The van der Waals surface area contributed by atoms with Gasteiger partial charge in [-0.3, -0.25) is 0 Å². The van der Waals surface area contributed by atoms with Crippen LogP contribution >= 0.6 is 0 Å². The molecule has 3 heteroatoms.